The molecule has 100 valence electrons. The molecule has 1 spiro atoms. The lowest BCUT2D eigenvalue weighted by Crippen LogP contribution is -2.49. The largest absolute Gasteiger partial charge is 0.368 e. The number of carbonyl (C=O) groups excluding carboxylic acids is 1. The SMILES string of the molecule is O=C([C@H]1CCCO1)N1CCC[C@]2(CC=CCC2)C1. The summed E-state index contributed by atoms with van der Waals surface area (Å²) < 4.78 is 5.54. The third-order valence-electron chi connectivity index (χ3n) is 4.74. The van der Waals surface area contributed by atoms with Crippen LogP contribution in [0.5, 0.6) is 0 Å². The monoisotopic (exact) mass is 249 g/mol. The van der Waals surface area contributed by atoms with Gasteiger partial charge in [-0.05, 0) is 50.4 Å². The molecule has 2 saturated heterocycles. The van der Waals surface area contributed by atoms with Crippen LogP contribution in [-0.4, -0.2) is 36.6 Å². The van der Waals surface area contributed by atoms with Crippen LogP contribution in [0.1, 0.15) is 44.9 Å². The molecule has 0 radical (unpaired) electrons. The third kappa shape index (κ3) is 2.33. The number of amides is 1. The van der Waals surface area contributed by atoms with Gasteiger partial charge in [-0.25, -0.2) is 0 Å². The minimum atomic E-state index is -0.140. The molecule has 2 aliphatic heterocycles. The maximum atomic E-state index is 12.4. The normalized spacial score (nSPS) is 36.2. The fraction of sp³-hybridized carbons (Fsp3) is 0.800. The fourth-order valence-corrected chi connectivity index (χ4v) is 3.69. The van der Waals surface area contributed by atoms with Crippen molar-refractivity contribution in [1.82, 2.24) is 4.90 Å². The first-order chi connectivity index (χ1) is 8.79. The number of nitrogens with zero attached hydrogens (tertiary/aromatic N) is 1. The van der Waals surface area contributed by atoms with Gasteiger partial charge in [0.25, 0.3) is 5.91 Å². The zero-order chi connectivity index (χ0) is 12.4. The van der Waals surface area contributed by atoms with E-state index in [1.54, 1.807) is 0 Å². The Labute approximate surface area is 109 Å². The van der Waals surface area contributed by atoms with E-state index in [0.29, 0.717) is 5.41 Å². The number of hydrogen-bond donors (Lipinski definition) is 0. The van der Waals surface area contributed by atoms with E-state index in [1.807, 2.05) is 0 Å². The van der Waals surface area contributed by atoms with E-state index < -0.39 is 0 Å². The minimum absolute atomic E-state index is 0.140. The first kappa shape index (κ1) is 12.2. The summed E-state index contributed by atoms with van der Waals surface area (Å²) in [6.45, 7) is 2.65. The molecule has 18 heavy (non-hydrogen) atoms. The van der Waals surface area contributed by atoms with E-state index in [0.717, 1.165) is 45.4 Å². The lowest BCUT2D eigenvalue weighted by Gasteiger charge is -2.44. The molecule has 0 aromatic rings. The van der Waals surface area contributed by atoms with Crippen molar-refractivity contribution in [2.24, 2.45) is 5.41 Å². The molecule has 0 aromatic heterocycles. The molecule has 1 aliphatic carbocycles. The maximum Gasteiger partial charge on any atom is 0.251 e. The molecule has 1 amide bonds. The Hall–Kier alpha value is -0.830. The highest BCUT2D eigenvalue weighted by atomic mass is 16.5. The Morgan fingerprint density at radius 2 is 2.22 bits per heavy atom. The van der Waals surface area contributed by atoms with Gasteiger partial charge >= 0.3 is 0 Å². The molecule has 0 aromatic carbocycles. The van der Waals surface area contributed by atoms with Crippen LogP contribution in [0.15, 0.2) is 12.2 Å². The highest BCUT2D eigenvalue weighted by Crippen LogP contribution is 2.41. The summed E-state index contributed by atoms with van der Waals surface area (Å²) in [6.07, 6.45) is 12.4. The molecule has 3 heteroatoms. The number of likely N-dealkylation sites (tertiary alicyclic amines) is 1. The van der Waals surface area contributed by atoms with Crippen molar-refractivity contribution in [1.29, 1.82) is 0 Å². The Kier molecular flexibility index (Phi) is 3.42. The van der Waals surface area contributed by atoms with Crippen LogP contribution in [0.3, 0.4) is 0 Å². The zero-order valence-corrected chi connectivity index (χ0v) is 11.1. The molecule has 0 bridgehead atoms. The van der Waals surface area contributed by atoms with Crippen LogP contribution in [-0.2, 0) is 9.53 Å². The third-order valence-corrected chi connectivity index (χ3v) is 4.74. The number of allylic oxidation sites excluding steroid dienone is 2. The zero-order valence-electron chi connectivity index (χ0n) is 11.1. The summed E-state index contributed by atoms with van der Waals surface area (Å²) in [7, 11) is 0. The van der Waals surface area contributed by atoms with E-state index in [9.17, 15) is 4.79 Å². The average Bonchev–Trinajstić information content (AvgIpc) is 2.93. The van der Waals surface area contributed by atoms with Crippen molar-refractivity contribution in [2.45, 2.75) is 51.0 Å². The molecule has 3 nitrogen and oxygen atoms in total. The molecular weight excluding hydrogens is 226 g/mol. The topological polar surface area (TPSA) is 29.5 Å². The fourth-order valence-electron chi connectivity index (χ4n) is 3.69. The number of ether oxygens (including phenoxy) is 1. The smallest absolute Gasteiger partial charge is 0.251 e. The van der Waals surface area contributed by atoms with Crippen LogP contribution < -0.4 is 0 Å². The molecule has 3 rings (SSSR count). The quantitative estimate of drug-likeness (QED) is 0.668. The predicted molar refractivity (Wildman–Crippen MR) is 70.2 cm³/mol. The summed E-state index contributed by atoms with van der Waals surface area (Å²) in [5, 5.41) is 0. The van der Waals surface area contributed by atoms with Crippen molar-refractivity contribution >= 4 is 5.91 Å². The number of hydrogen-bond acceptors (Lipinski definition) is 2. The molecule has 2 heterocycles. The summed E-state index contributed by atoms with van der Waals surface area (Å²) in [6, 6.07) is 0. The standard InChI is InChI=1S/C15H23NO2/c17-14(13-6-4-11-18-13)16-10-5-9-15(12-16)7-2-1-3-8-15/h1-2,13H,3-12H2/t13-,15-/m1/s1. The second-order valence-electron chi connectivity index (χ2n) is 6.08. The highest BCUT2D eigenvalue weighted by Gasteiger charge is 2.39. The Morgan fingerprint density at radius 3 is 2.94 bits per heavy atom. The average molecular weight is 249 g/mol. The predicted octanol–water partition coefficient (Wildman–Crippen LogP) is 2.51. The molecule has 0 saturated carbocycles. The van der Waals surface area contributed by atoms with Crippen molar-refractivity contribution in [3.05, 3.63) is 12.2 Å². The van der Waals surface area contributed by atoms with E-state index in [2.05, 4.69) is 17.1 Å². The highest BCUT2D eigenvalue weighted by molar-refractivity contribution is 5.81. The van der Waals surface area contributed by atoms with Crippen LogP contribution >= 0.6 is 0 Å². The lowest BCUT2D eigenvalue weighted by molar-refractivity contribution is -0.144. The van der Waals surface area contributed by atoms with Crippen LogP contribution in [0, 0.1) is 5.41 Å². The Balaban J connectivity index is 1.66. The van der Waals surface area contributed by atoms with E-state index in [1.165, 1.54) is 19.3 Å². The number of piperidine rings is 1. The van der Waals surface area contributed by atoms with Gasteiger partial charge in [0.05, 0.1) is 0 Å². The van der Waals surface area contributed by atoms with Gasteiger partial charge in [-0.1, -0.05) is 12.2 Å². The molecule has 0 unspecified atom stereocenters. The molecule has 2 fully saturated rings. The number of rotatable bonds is 1. The van der Waals surface area contributed by atoms with E-state index >= 15 is 0 Å². The van der Waals surface area contributed by atoms with E-state index in [-0.39, 0.29) is 12.0 Å². The van der Waals surface area contributed by atoms with Crippen LogP contribution in [0.2, 0.25) is 0 Å². The van der Waals surface area contributed by atoms with Crippen molar-refractivity contribution in [3.8, 4) is 0 Å². The van der Waals surface area contributed by atoms with Gasteiger partial charge in [-0.15, -0.1) is 0 Å². The van der Waals surface area contributed by atoms with Gasteiger partial charge in [0, 0.05) is 19.7 Å². The van der Waals surface area contributed by atoms with Crippen LogP contribution in [0.4, 0.5) is 0 Å². The van der Waals surface area contributed by atoms with Gasteiger partial charge in [-0.3, -0.25) is 4.79 Å². The van der Waals surface area contributed by atoms with Gasteiger partial charge in [0.2, 0.25) is 0 Å². The van der Waals surface area contributed by atoms with Gasteiger partial charge in [0.15, 0.2) is 0 Å². The van der Waals surface area contributed by atoms with Gasteiger partial charge in [-0.2, -0.15) is 0 Å². The van der Waals surface area contributed by atoms with Gasteiger partial charge < -0.3 is 9.64 Å². The second kappa shape index (κ2) is 5.04. The molecular formula is C15H23NO2. The first-order valence-electron chi connectivity index (χ1n) is 7.35. The first-order valence-corrected chi connectivity index (χ1v) is 7.35. The Morgan fingerprint density at radius 1 is 1.28 bits per heavy atom. The minimum Gasteiger partial charge on any atom is -0.368 e. The second-order valence-corrected chi connectivity index (χ2v) is 6.08. The summed E-state index contributed by atoms with van der Waals surface area (Å²) in [5.41, 5.74) is 0.376. The summed E-state index contributed by atoms with van der Waals surface area (Å²) in [5.74, 6) is 0.251. The van der Waals surface area contributed by atoms with E-state index in [4.69, 9.17) is 4.74 Å². The van der Waals surface area contributed by atoms with Crippen LogP contribution in [0.25, 0.3) is 0 Å². The molecule has 3 aliphatic rings. The molecule has 2 atom stereocenters. The lowest BCUT2D eigenvalue weighted by atomic mass is 9.71. The van der Waals surface area contributed by atoms with Crippen molar-refractivity contribution in [3.63, 3.8) is 0 Å². The molecule has 0 N–H and O–H groups in total. The summed E-state index contributed by atoms with van der Waals surface area (Å²) >= 11 is 0. The van der Waals surface area contributed by atoms with Crippen molar-refractivity contribution < 1.29 is 9.53 Å². The Bertz CT molecular complexity index is 346. The maximum absolute atomic E-state index is 12.4. The number of carbonyl (C=O) groups is 1. The van der Waals surface area contributed by atoms with Crippen molar-refractivity contribution in [2.75, 3.05) is 19.7 Å². The summed E-state index contributed by atoms with van der Waals surface area (Å²) in [4.78, 5) is 14.5. The van der Waals surface area contributed by atoms with Gasteiger partial charge in [0.1, 0.15) is 6.10 Å².